The first-order valence-corrected chi connectivity index (χ1v) is 29.0. The Hall–Kier alpha value is 0.120. The number of benzene rings is 2. The van der Waals surface area contributed by atoms with Gasteiger partial charge < -0.3 is 14.9 Å². The normalized spacial score (nSPS) is 36.6. The Kier molecular flexibility index (Phi) is 14.6. The molecule has 0 aliphatic heterocycles. The first-order valence-electron chi connectivity index (χ1n) is 19.5. The minimum atomic E-state index is -1.58. The van der Waals surface area contributed by atoms with E-state index in [-0.39, 0.29) is 20.3 Å². The van der Waals surface area contributed by atoms with Crippen LogP contribution in [0.1, 0.15) is 128 Å². The molecule has 272 valence electrons. The Morgan fingerprint density at radius 1 is 0.694 bits per heavy atom. The van der Waals surface area contributed by atoms with Gasteiger partial charge in [-0.25, -0.2) is 0 Å². The van der Waals surface area contributed by atoms with Gasteiger partial charge in [-0.2, -0.15) is 0 Å². The van der Waals surface area contributed by atoms with Gasteiger partial charge in [0.25, 0.3) is 0 Å². The van der Waals surface area contributed by atoms with Gasteiger partial charge in [-0.05, 0) is 130 Å². The Morgan fingerprint density at radius 3 is 1.92 bits per heavy atom. The average Bonchev–Trinajstić information content (AvgIpc) is 3.75. The fourth-order valence-corrected chi connectivity index (χ4v) is 20.3. The van der Waals surface area contributed by atoms with E-state index in [9.17, 15) is 0 Å². The van der Waals surface area contributed by atoms with Crippen molar-refractivity contribution in [1.82, 2.24) is 0 Å². The molecular formula is C45H70Cl2SiZr. The Labute approximate surface area is 323 Å². The summed E-state index contributed by atoms with van der Waals surface area (Å²) < 4.78 is 0. The molecule has 5 fully saturated rings. The molecule has 0 bridgehead atoms. The minimum absolute atomic E-state index is 0. The molecule has 2 aromatic carbocycles. The van der Waals surface area contributed by atoms with Gasteiger partial charge in [0.1, 0.15) is 0 Å². The van der Waals surface area contributed by atoms with Gasteiger partial charge in [0.15, 0.2) is 0 Å². The molecule has 0 heterocycles. The van der Waals surface area contributed by atoms with E-state index in [0.29, 0.717) is 0 Å². The fraction of sp³-hybridized carbons (Fsp3) is 0.689. The molecule has 49 heavy (non-hydrogen) atoms. The SMILES string of the molecule is CC(C)C1CC2C(c3ccc(C(C)(C)C)cc3)CCCC2C1[Si](C)(C)C1C(C)CC2C1CC1CCCC1C2c1ccccc1.[CH3-].[CH3-].[Cl][Zr+2][Cl]. The Balaban J connectivity index is 0.00000104. The standard InChI is InChI=1S/C43H64Si.2CH3.2ClH.Zr/c1-27(2)36-26-37-33(29-20-22-32(23-21-29)43(4,5)6)17-13-19-35(37)42(36)44(7,8)41-28(3)24-38-39(41)25-31-16-12-18-34(31)40(38)30-14-10-9-11-15-30;;;;;/h9-11,14-15,20-23,27-28,31,33-42H,12-13,16-19,24-26H2,1-8H3;2*1H3;2*1H;/q;2*-1;;;+4/p-2. The van der Waals surface area contributed by atoms with E-state index in [2.05, 4.69) is 109 Å². The van der Waals surface area contributed by atoms with Crippen molar-refractivity contribution in [3.63, 3.8) is 0 Å². The van der Waals surface area contributed by atoms with Gasteiger partial charge >= 0.3 is 37.9 Å². The van der Waals surface area contributed by atoms with Crippen LogP contribution >= 0.6 is 17.0 Å². The van der Waals surface area contributed by atoms with Crippen molar-refractivity contribution in [2.45, 2.75) is 141 Å². The first kappa shape index (κ1) is 41.9. The number of hydrogen-bond donors (Lipinski definition) is 0. The molecule has 12 unspecified atom stereocenters. The maximum atomic E-state index is 4.93. The van der Waals surface area contributed by atoms with Crippen molar-refractivity contribution in [2.75, 3.05) is 0 Å². The van der Waals surface area contributed by atoms with E-state index < -0.39 is 28.9 Å². The summed E-state index contributed by atoms with van der Waals surface area (Å²) in [7, 11) is 8.29. The zero-order chi connectivity index (χ0) is 33.7. The third-order valence-electron chi connectivity index (χ3n) is 15.0. The quantitative estimate of drug-likeness (QED) is 0.209. The van der Waals surface area contributed by atoms with Crippen LogP contribution in [0.3, 0.4) is 0 Å². The van der Waals surface area contributed by atoms with Gasteiger partial charge in [-0.1, -0.05) is 135 Å². The monoisotopic (exact) mass is 798 g/mol. The van der Waals surface area contributed by atoms with Crippen molar-refractivity contribution in [3.8, 4) is 0 Å². The maximum absolute atomic E-state index is 4.93. The molecule has 0 saturated heterocycles. The van der Waals surface area contributed by atoms with Crippen molar-refractivity contribution in [2.24, 2.45) is 53.3 Å². The van der Waals surface area contributed by atoms with Crippen LogP contribution in [-0.4, -0.2) is 8.07 Å². The van der Waals surface area contributed by atoms with Crippen molar-refractivity contribution >= 4 is 25.1 Å². The molecule has 0 spiro atoms. The van der Waals surface area contributed by atoms with Gasteiger partial charge in [0, 0.05) is 0 Å². The van der Waals surface area contributed by atoms with Crippen LogP contribution in [0.25, 0.3) is 0 Å². The molecule has 5 saturated carbocycles. The predicted molar refractivity (Wildman–Crippen MR) is 217 cm³/mol. The topological polar surface area (TPSA) is 0 Å². The zero-order valence-corrected chi connectivity index (χ0v) is 37.8. The van der Waals surface area contributed by atoms with Gasteiger partial charge in [0.2, 0.25) is 0 Å². The average molecular weight is 801 g/mol. The molecule has 0 radical (unpaired) electrons. The Bertz CT molecular complexity index is 1300. The second-order valence-corrected chi connectivity index (χ2v) is 27.6. The number of halogens is 2. The molecule has 0 amide bonds. The fourth-order valence-electron chi connectivity index (χ4n) is 13.6. The van der Waals surface area contributed by atoms with E-state index >= 15 is 0 Å². The summed E-state index contributed by atoms with van der Waals surface area (Å²) in [6, 6.07) is 21.9. The molecule has 0 N–H and O–H groups in total. The van der Waals surface area contributed by atoms with Crippen molar-refractivity contribution < 1.29 is 20.8 Å². The number of hydrogen-bond acceptors (Lipinski definition) is 0. The van der Waals surface area contributed by atoms with Crippen LogP contribution in [0.15, 0.2) is 54.6 Å². The second-order valence-electron chi connectivity index (χ2n) is 18.9. The Morgan fingerprint density at radius 2 is 1.31 bits per heavy atom. The summed E-state index contributed by atoms with van der Waals surface area (Å²) in [5.41, 5.74) is 7.10. The number of rotatable bonds is 5. The summed E-state index contributed by atoms with van der Waals surface area (Å²) in [5.74, 6) is 9.99. The van der Waals surface area contributed by atoms with Crippen LogP contribution in [0, 0.1) is 68.1 Å². The molecular weight excluding hydrogens is 731 g/mol. The molecule has 5 aliphatic rings. The summed E-state index contributed by atoms with van der Waals surface area (Å²) in [6.07, 6.45) is 13.4. The van der Waals surface area contributed by atoms with Crippen LogP contribution in [0.5, 0.6) is 0 Å². The molecule has 5 aliphatic carbocycles. The number of fused-ring (bicyclic) bond motifs is 3. The van der Waals surface area contributed by atoms with E-state index in [1.165, 1.54) is 56.9 Å². The summed E-state index contributed by atoms with van der Waals surface area (Å²) >= 11 is -0.826. The van der Waals surface area contributed by atoms with Crippen LogP contribution in [0.2, 0.25) is 24.2 Å². The third kappa shape index (κ3) is 8.14. The molecule has 12 atom stereocenters. The van der Waals surface area contributed by atoms with Crippen molar-refractivity contribution in [1.29, 1.82) is 0 Å². The van der Waals surface area contributed by atoms with Gasteiger partial charge in [-0.15, -0.1) is 0 Å². The zero-order valence-electron chi connectivity index (χ0n) is 32.8. The molecule has 0 aromatic heterocycles. The van der Waals surface area contributed by atoms with E-state index in [1.807, 2.05) is 0 Å². The van der Waals surface area contributed by atoms with Crippen LogP contribution in [-0.2, 0) is 26.3 Å². The van der Waals surface area contributed by atoms with Crippen LogP contribution < -0.4 is 0 Å². The third-order valence-corrected chi connectivity index (χ3v) is 20.3. The van der Waals surface area contributed by atoms with E-state index in [0.717, 1.165) is 76.2 Å². The molecule has 7 rings (SSSR count). The summed E-state index contributed by atoms with van der Waals surface area (Å²) in [4.78, 5) is 0. The van der Waals surface area contributed by atoms with Gasteiger partial charge in [-0.3, -0.25) is 0 Å². The van der Waals surface area contributed by atoms with Gasteiger partial charge in [0.05, 0.1) is 8.07 Å². The van der Waals surface area contributed by atoms with E-state index in [4.69, 9.17) is 17.0 Å². The molecule has 4 heteroatoms. The van der Waals surface area contributed by atoms with Crippen LogP contribution in [0.4, 0.5) is 0 Å². The second kappa shape index (κ2) is 17.1. The molecule has 2 aromatic rings. The summed E-state index contributed by atoms with van der Waals surface area (Å²) in [6.45, 7) is 20.9. The molecule has 0 nitrogen and oxygen atoms in total. The first-order chi connectivity index (χ1) is 22.4. The summed E-state index contributed by atoms with van der Waals surface area (Å²) in [5, 5.41) is 0. The van der Waals surface area contributed by atoms with Crippen molar-refractivity contribution in [3.05, 3.63) is 86.1 Å². The van der Waals surface area contributed by atoms with E-state index in [1.54, 1.807) is 17.5 Å². The predicted octanol–water partition coefficient (Wildman–Crippen LogP) is 14.8.